The third kappa shape index (κ3) is 6.02. The van der Waals surface area contributed by atoms with Gasteiger partial charge in [0.15, 0.2) is 0 Å². The smallest absolute Gasteiger partial charge is 0.0575 e. The van der Waals surface area contributed by atoms with E-state index in [1.54, 1.807) is 0 Å². The average molecular weight is 263 g/mol. The molecule has 1 saturated carbocycles. The van der Waals surface area contributed by atoms with Crippen LogP contribution in [0.4, 0.5) is 0 Å². The summed E-state index contributed by atoms with van der Waals surface area (Å²) in [6.45, 7) is 0.993. The maximum Gasteiger partial charge on any atom is 0.0575 e. The number of hydrogen-bond donors (Lipinski definition) is 0. The fraction of sp³-hybridized carbons (Fsp3) is 1.00. The Bertz CT molecular complexity index is 121. The Labute approximate surface area is 96.7 Å². The SMILES string of the molecule is BrCCCCCCOC1CCCCC1. The van der Waals surface area contributed by atoms with Gasteiger partial charge in [-0.3, -0.25) is 0 Å². The first-order valence-corrected chi connectivity index (χ1v) is 7.23. The van der Waals surface area contributed by atoms with Gasteiger partial charge in [-0.2, -0.15) is 0 Å². The molecule has 0 amide bonds. The van der Waals surface area contributed by atoms with Crippen molar-refractivity contribution in [3.63, 3.8) is 0 Å². The summed E-state index contributed by atoms with van der Waals surface area (Å²) in [5, 5.41) is 1.15. The van der Waals surface area contributed by atoms with E-state index in [1.807, 2.05) is 0 Å². The number of alkyl halides is 1. The topological polar surface area (TPSA) is 9.23 Å². The number of halogens is 1. The predicted octanol–water partition coefficient (Wildman–Crippen LogP) is 4.29. The van der Waals surface area contributed by atoms with Gasteiger partial charge in [-0.15, -0.1) is 0 Å². The molecule has 0 bridgehead atoms. The molecule has 0 N–H and O–H groups in total. The summed E-state index contributed by atoms with van der Waals surface area (Å²) in [6.07, 6.45) is 12.6. The van der Waals surface area contributed by atoms with Gasteiger partial charge in [0.25, 0.3) is 0 Å². The van der Waals surface area contributed by atoms with Crippen molar-refractivity contribution in [2.24, 2.45) is 0 Å². The van der Waals surface area contributed by atoms with Crippen molar-refractivity contribution in [1.82, 2.24) is 0 Å². The van der Waals surface area contributed by atoms with E-state index in [-0.39, 0.29) is 0 Å². The van der Waals surface area contributed by atoms with E-state index in [9.17, 15) is 0 Å². The minimum absolute atomic E-state index is 0.597. The molecule has 0 spiro atoms. The maximum absolute atomic E-state index is 5.85. The van der Waals surface area contributed by atoms with Crippen molar-refractivity contribution >= 4 is 15.9 Å². The molecule has 0 heterocycles. The monoisotopic (exact) mass is 262 g/mol. The van der Waals surface area contributed by atoms with Crippen molar-refractivity contribution in [2.75, 3.05) is 11.9 Å². The van der Waals surface area contributed by atoms with Crippen molar-refractivity contribution in [3.05, 3.63) is 0 Å². The molecule has 0 unspecified atom stereocenters. The van der Waals surface area contributed by atoms with Crippen molar-refractivity contribution < 1.29 is 4.74 Å². The zero-order valence-electron chi connectivity index (χ0n) is 9.14. The highest BCUT2D eigenvalue weighted by atomic mass is 79.9. The summed E-state index contributed by atoms with van der Waals surface area (Å²) in [5.41, 5.74) is 0. The first kappa shape index (κ1) is 12.5. The molecule has 0 aromatic rings. The number of ether oxygens (including phenoxy) is 1. The molecule has 1 aliphatic rings. The van der Waals surface area contributed by atoms with E-state index in [0.29, 0.717) is 6.10 Å². The number of rotatable bonds is 7. The molecule has 0 aromatic heterocycles. The van der Waals surface area contributed by atoms with E-state index < -0.39 is 0 Å². The molecule has 0 radical (unpaired) electrons. The highest BCUT2D eigenvalue weighted by Crippen LogP contribution is 2.20. The van der Waals surface area contributed by atoms with Gasteiger partial charge >= 0.3 is 0 Å². The van der Waals surface area contributed by atoms with Crippen molar-refractivity contribution in [2.45, 2.75) is 63.9 Å². The molecule has 14 heavy (non-hydrogen) atoms. The summed E-state index contributed by atoms with van der Waals surface area (Å²) in [7, 11) is 0. The van der Waals surface area contributed by atoms with Crippen LogP contribution in [0.3, 0.4) is 0 Å². The van der Waals surface area contributed by atoms with Gasteiger partial charge < -0.3 is 4.74 Å². The van der Waals surface area contributed by atoms with Crippen LogP contribution in [0.1, 0.15) is 57.8 Å². The Kier molecular flexibility index (Phi) is 7.80. The van der Waals surface area contributed by atoms with Crippen LogP contribution < -0.4 is 0 Å². The molecule has 1 fully saturated rings. The molecule has 0 atom stereocenters. The second-order valence-corrected chi connectivity index (χ2v) is 5.03. The third-order valence-corrected chi connectivity index (χ3v) is 3.49. The third-order valence-electron chi connectivity index (χ3n) is 2.93. The summed E-state index contributed by atoms with van der Waals surface area (Å²) in [4.78, 5) is 0. The van der Waals surface area contributed by atoms with Crippen molar-refractivity contribution in [3.8, 4) is 0 Å². The summed E-state index contributed by atoms with van der Waals surface area (Å²) >= 11 is 3.45. The van der Waals surface area contributed by atoms with Gasteiger partial charge in [-0.25, -0.2) is 0 Å². The zero-order valence-corrected chi connectivity index (χ0v) is 10.7. The fourth-order valence-electron chi connectivity index (χ4n) is 2.03. The highest BCUT2D eigenvalue weighted by molar-refractivity contribution is 9.09. The van der Waals surface area contributed by atoms with Crippen LogP contribution >= 0.6 is 15.9 Å². The molecule has 1 rings (SSSR count). The Morgan fingerprint density at radius 1 is 0.929 bits per heavy atom. The molecule has 1 nitrogen and oxygen atoms in total. The van der Waals surface area contributed by atoms with E-state index in [1.165, 1.54) is 57.8 Å². The van der Waals surface area contributed by atoms with Gasteiger partial charge in [0.1, 0.15) is 0 Å². The van der Waals surface area contributed by atoms with Crippen LogP contribution in [-0.2, 0) is 4.74 Å². The van der Waals surface area contributed by atoms with Gasteiger partial charge in [-0.05, 0) is 25.7 Å². The normalized spacial score (nSPS) is 18.6. The Morgan fingerprint density at radius 2 is 1.64 bits per heavy atom. The Morgan fingerprint density at radius 3 is 2.36 bits per heavy atom. The summed E-state index contributed by atoms with van der Waals surface area (Å²) in [5.74, 6) is 0. The van der Waals surface area contributed by atoms with Crippen LogP contribution in [-0.4, -0.2) is 18.0 Å². The molecular formula is C12H23BrO. The molecule has 84 valence electrons. The fourth-order valence-corrected chi connectivity index (χ4v) is 2.43. The van der Waals surface area contributed by atoms with Crippen LogP contribution in [0.2, 0.25) is 0 Å². The average Bonchev–Trinajstić information content (AvgIpc) is 2.25. The predicted molar refractivity (Wildman–Crippen MR) is 65.1 cm³/mol. The molecule has 0 saturated heterocycles. The molecular weight excluding hydrogens is 240 g/mol. The van der Waals surface area contributed by atoms with Gasteiger partial charge in [0.2, 0.25) is 0 Å². The second kappa shape index (κ2) is 8.72. The largest absolute Gasteiger partial charge is 0.378 e. The molecule has 0 aliphatic heterocycles. The maximum atomic E-state index is 5.85. The second-order valence-electron chi connectivity index (χ2n) is 4.23. The first-order valence-electron chi connectivity index (χ1n) is 6.11. The lowest BCUT2D eigenvalue weighted by Crippen LogP contribution is -2.17. The van der Waals surface area contributed by atoms with Crippen LogP contribution in [0, 0.1) is 0 Å². The Hall–Kier alpha value is 0.440. The minimum Gasteiger partial charge on any atom is -0.378 e. The molecule has 0 aromatic carbocycles. The number of unbranched alkanes of at least 4 members (excludes halogenated alkanes) is 3. The standard InChI is InChI=1S/C12H23BrO/c13-10-6-1-2-7-11-14-12-8-4-3-5-9-12/h12H,1-11H2. The van der Waals surface area contributed by atoms with Gasteiger partial charge in [0, 0.05) is 11.9 Å². The van der Waals surface area contributed by atoms with E-state index in [0.717, 1.165) is 11.9 Å². The van der Waals surface area contributed by atoms with Gasteiger partial charge in [0.05, 0.1) is 6.10 Å². The summed E-state index contributed by atoms with van der Waals surface area (Å²) < 4.78 is 5.85. The van der Waals surface area contributed by atoms with E-state index in [4.69, 9.17) is 4.74 Å². The summed E-state index contributed by atoms with van der Waals surface area (Å²) in [6, 6.07) is 0. The zero-order chi connectivity index (χ0) is 10.1. The Balaban J connectivity index is 1.82. The highest BCUT2D eigenvalue weighted by Gasteiger charge is 2.12. The molecule has 2 heteroatoms. The van der Waals surface area contributed by atoms with Crippen molar-refractivity contribution in [1.29, 1.82) is 0 Å². The first-order chi connectivity index (χ1) is 6.93. The van der Waals surface area contributed by atoms with Crippen LogP contribution in [0.15, 0.2) is 0 Å². The molecule has 1 aliphatic carbocycles. The lowest BCUT2D eigenvalue weighted by atomic mass is 9.98. The van der Waals surface area contributed by atoms with Gasteiger partial charge in [-0.1, -0.05) is 48.0 Å². The quantitative estimate of drug-likeness (QED) is 0.491. The lowest BCUT2D eigenvalue weighted by Gasteiger charge is -2.21. The van der Waals surface area contributed by atoms with Crippen LogP contribution in [0.5, 0.6) is 0 Å². The lowest BCUT2D eigenvalue weighted by molar-refractivity contribution is 0.0263. The van der Waals surface area contributed by atoms with E-state index >= 15 is 0 Å². The van der Waals surface area contributed by atoms with Crippen LogP contribution in [0.25, 0.3) is 0 Å². The minimum atomic E-state index is 0.597. The number of hydrogen-bond acceptors (Lipinski definition) is 1. The van der Waals surface area contributed by atoms with E-state index in [2.05, 4.69) is 15.9 Å².